The van der Waals surface area contributed by atoms with Gasteiger partial charge in [-0.3, -0.25) is 4.79 Å². The van der Waals surface area contributed by atoms with Crippen molar-refractivity contribution >= 4 is 40.2 Å². The number of aromatic nitrogens is 2. The Balaban J connectivity index is 1.37. The van der Waals surface area contributed by atoms with Crippen LogP contribution < -0.4 is 15.5 Å². The molecule has 0 unspecified atom stereocenters. The first-order valence-electron chi connectivity index (χ1n) is 10.4. The molecule has 1 aliphatic carbocycles. The van der Waals surface area contributed by atoms with E-state index in [9.17, 15) is 9.18 Å². The van der Waals surface area contributed by atoms with Crippen molar-refractivity contribution in [3.8, 4) is 0 Å². The van der Waals surface area contributed by atoms with Gasteiger partial charge in [0.05, 0.1) is 10.5 Å². The number of para-hydroxylation sites is 1. The summed E-state index contributed by atoms with van der Waals surface area (Å²) >= 11 is 5.79. The van der Waals surface area contributed by atoms with Crippen molar-refractivity contribution in [3.63, 3.8) is 0 Å². The number of rotatable bonds is 5. The van der Waals surface area contributed by atoms with Crippen LogP contribution in [0.1, 0.15) is 36.0 Å². The van der Waals surface area contributed by atoms with Gasteiger partial charge in [-0.25, -0.2) is 9.37 Å². The predicted octanol–water partition coefficient (Wildman–Crippen LogP) is 4.64. The zero-order chi connectivity index (χ0) is 22.0. The summed E-state index contributed by atoms with van der Waals surface area (Å²) in [6.07, 6.45) is 3.46. The largest absolute Gasteiger partial charge is 0.362 e. The topological polar surface area (TPSA) is 70.2 Å². The highest BCUT2D eigenvalue weighted by Gasteiger charge is 2.24. The lowest BCUT2D eigenvalue weighted by atomic mass is 9.91. The highest BCUT2D eigenvalue weighted by molar-refractivity contribution is 6.31. The molecule has 8 heteroatoms. The number of nitrogens with zero attached hydrogens (tertiary/aromatic N) is 3. The van der Waals surface area contributed by atoms with Crippen molar-refractivity contribution in [3.05, 3.63) is 58.9 Å². The third-order valence-electron chi connectivity index (χ3n) is 5.58. The van der Waals surface area contributed by atoms with Gasteiger partial charge in [-0.1, -0.05) is 23.7 Å². The molecule has 0 radical (unpaired) electrons. The molecular weight excluding hydrogens is 417 g/mol. The number of halogens is 2. The van der Waals surface area contributed by atoms with E-state index in [0.29, 0.717) is 11.5 Å². The molecule has 31 heavy (non-hydrogen) atoms. The lowest BCUT2D eigenvalue weighted by Gasteiger charge is -2.30. The fourth-order valence-electron chi connectivity index (χ4n) is 3.94. The number of amides is 1. The van der Waals surface area contributed by atoms with Gasteiger partial charge in [-0.15, -0.1) is 0 Å². The van der Waals surface area contributed by atoms with Crippen LogP contribution in [-0.4, -0.2) is 42.1 Å². The molecule has 1 aliphatic rings. The average molecular weight is 442 g/mol. The van der Waals surface area contributed by atoms with Gasteiger partial charge in [0, 0.05) is 37.1 Å². The molecule has 162 valence electrons. The summed E-state index contributed by atoms with van der Waals surface area (Å²) in [7, 11) is 3.95. The minimum absolute atomic E-state index is 0.0481. The second kappa shape index (κ2) is 9.06. The van der Waals surface area contributed by atoms with E-state index in [2.05, 4.69) is 15.6 Å². The van der Waals surface area contributed by atoms with Gasteiger partial charge in [0.15, 0.2) is 0 Å². The minimum Gasteiger partial charge on any atom is -0.362 e. The Labute approximate surface area is 185 Å². The van der Waals surface area contributed by atoms with Crippen molar-refractivity contribution in [2.75, 3.05) is 24.3 Å². The van der Waals surface area contributed by atoms with Crippen LogP contribution in [0.2, 0.25) is 5.02 Å². The third kappa shape index (κ3) is 4.88. The molecule has 0 bridgehead atoms. The molecule has 3 aromatic rings. The Morgan fingerprint density at radius 2 is 1.77 bits per heavy atom. The first-order valence-corrected chi connectivity index (χ1v) is 10.7. The van der Waals surface area contributed by atoms with E-state index in [4.69, 9.17) is 16.6 Å². The van der Waals surface area contributed by atoms with Gasteiger partial charge in [-0.2, -0.15) is 4.98 Å². The lowest BCUT2D eigenvalue weighted by Crippen LogP contribution is -2.40. The average Bonchev–Trinajstić information content (AvgIpc) is 2.76. The lowest BCUT2D eigenvalue weighted by molar-refractivity contribution is 0.0926. The molecule has 2 aromatic carbocycles. The van der Waals surface area contributed by atoms with Crippen molar-refractivity contribution in [1.29, 1.82) is 0 Å². The summed E-state index contributed by atoms with van der Waals surface area (Å²) in [6, 6.07) is 12.3. The Morgan fingerprint density at radius 1 is 1.06 bits per heavy atom. The normalized spacial score (nSPS) is 18.6. The summed E-state index contributed by atoms with van der Waals surface area (Å²) < 4.78 is 13.3. The molecule has 1 aromatic heterocycles. The fraction of sp³-hybridized carbons (Fsp3) is 0.348. The molecular formula is C23H25ClFN5O. The molecule has 4 rings (SSSR count). The van der Waals surface area contributed by atoms with Crippen LogP contribution >= 0.6 is 11.6 Å². The smallest absolute Gasteiger partial charge is 0.251 e. The van der Waals surface area contributed by atoms with E-state index < -0.39 is 5.82 Å². The Bertz CT molecular complexity index is 1100. The second-order valence-corrected chi connectivity index (χ2v) is 8.48. The van der Waals surface area contributed by atoms with Crippen LogP contribution in [0.15, 0.2) is 42.5 Å². The van der Waals surface area contributed by atoms with Gasteiger partial charge in [0.25, 0.3) is 5.91 Å². The Kier molecular flexibility index (Phi) is 6.23. The van der Waals surface area contributed by atoms with Crippen molar-refractivity contribution in [1.82, 2.24) is 15.3 Å². The SMILES string of the molecule is CN(C)c1nc(NC2CCC(NC(=O)c3ccc(F)c(Cl)c3)CC2)nc2ccccc12. The van der Waals surface area contributed by atoms with E-state index in [1.54, 1.807) is 0 Å². The Morgan fingerprint density at radius 3 is 2.48 bits per heavy atom. The number of fused-ring (bicyclic) bond motifs is 1. The summed E-state index contributed by atoms with van der Waals surface area (Å²) in [4.78, 5) is 23.8. The highest BCUT2D eigenvalue weighted by atomic mass is 35.5. The van der Waals surface area contributed by atoms with Crippen molar-refractivity contribution < 1.29 is 9.18 Å². The van der Waals surface area contributed by atoms with Crippen LogP contribution in [0.4, 0.5) is 16.2 Å². The van der Waals surface area contributed by atoms with Crippen LogP contribution in [0.3, 0.4) is 0 Å². The molecule has 6 nitrogen and oxygen atoms in total. The van der Waals surface area contributed by atoms with Gasteiger partial charge in [-0.05, 0) is 56.0 Å². The molecule has 0 atom stereocenters. The number of hydrogen-bond acceptors (Lipinski definition) is 5. The molecule has 1 amide bonds. The summed E-state index contributed by atoms with van der Waals surface area (Å²) in [5.41, 5.74) is 1.27. The van der Waals surface area contributed by atoms with E-state index in [0.717, 1.165) is 42.4 Å². The first-order chi connectivity index (χ1) is 14.9. The minimum atomic E-state index is -0.530. The molecule has 0 saturated heterocycles. The molecule has 1 fully saturated rings. The highest BCUT2D eigenvalue weighted by Crippen LogP contribution is 2.26. The van der Waals surface area contributed by atoms with Crippen LogP contribution in [0.5, 0.6) is 0 Å². The quantitative estimate of drug-likeness (QED) is 0.603. The fourth-order valence-corrected chi connectivity index (χ4v) is 4.12. The number of carbonyl (C=O) groups is 1. The number of benzene rings is 2. The molecule has 0 spiro atoms. The maximum absolute atomic E-state index is 13.3. The van der Waals surface area contributed by atoms with Gasteiger partial charge in [0.2, 0.25) is 5.95 Å². The predicted molar refractivity (Wildman–Crippen MR) is 122 cm³/mol. The maximum Gasteiger partial charge on any atom is 0.251 e. The van der Waals surface area contributed by atoms with Gasteiger partial charge in [0.1, 0.15) is 11.6 Å². The number of anilines is 2. The van der Waals surface area contributed by atoms with Crippen molar-refractivity contribution in [2.24, 2.45) is 0 Å². The Hall–Kier alpha value is -2.93. The van der Waals surface area contributed by atoms with Crippen LogP contribution in [0.25, 0.3) is 10.9 Å². The van der Waals surface area contributed by atoms with Crippen LogP contribution in [0, 0.1) is 5.82 Å². The van der Waals surface area contributed by atoms with E-state index >= 15 is 0 Å². The van der Waals surface area contributed by atoms with E-state index in [-0.39, 0.29) is 23.0 Å². The summed E-state index contributed by atoms with van der Waals surface area (Å²) in [6.45, 7) is 0. The molecule has 1 heterocycles. The summed E-state index contributed by atoms with van der Waals surface area (Å²) in [5.74, 6) is 0.743. The zero-order valence-electron chi connectivity index (χ0n) is 17.5. The molecule has 2 N–H and O–H groups in total. The van der Waals surface area contributed by atoms with E-state index in [1.165, 1.54) is 18.2 Å². The zero-order valence-corrected chi connectivity index (χ0v) is 18.3. The molecule has 1 saturated carbocycles. The number of hydrogen-bond donors (Lipinski definition) is 2. The monoisotopic (exact) mass is 441 g/mol. The van der Waals surface area contributed by atoms with E-state index in [1.807, 2.05) is 43.3 Å². The van der Waals surface area contributed by atoms with Gasteiger partial charge < -0.3 is 15.5 Å². The summed E-state index contributed by atoms with van der Waals surface area (Å²) in [5, 5.41) is 7.47. The molecule has 0 aliphatic heterocycles. The number of carbonyl (C=O) groups excluding carboxylic acids is 1. The standard InChI is InChI=1S/C23H25ClFN5O/c1-30(2)21-17-5-3-4-6-20(17)28-23(29-21)27-16-10-8-15(9-11-16)26-22(31)14-7-12-19(25)18(24)13-14/h3-7,12-13,15-16H,8-11H2,1-2H3,(H,26,31)(H,27,28,29). The maximum atomic E-state index is 13.3. The van der Waals surface area contributed by atoms with Crippen LogP contribution in [-0.2, 0) is 0 Å². The van der Waals surface area contributed by atoms with Gasteiger partial charge >= 0.3 is 0 Å². The third-order valence-corrected chi connectivity index (χ3v) is 5.87. The first kappa shape index (κ1) is 21.3. The van der Waals surface area contributed by atoms with Crippen molar-refractivity contribution in [2.45, 2.75) is 37.8 Å². The number of nitrogens with one attached hydrogen (secondary N) is 2. The second-order valence-electron chi connectivity index (χ2n) is 8.08.